The van der Waals surface area contributed by atoms with E-state index in [9.17, 15) is 22.8 Å². The highest BCUT2D eigenvalue weighted by molar-refractivity contribution is 5.68. The molecule has 22 heavy (non-hydrogen) atoms. The van der Waals surface area contributed by atoms with Gasteiger partial charge in [-0.2, -0.15) is 18.3 Å². The summed E-state index contributed by atoms with van der Waals surface area (Å²) in [5.41, 5.74) is -2.91. The standard InChI is InChI=1S/C12H14F3N3O4/c13-12(14,15)10-8(4-16-17-11(10)21)18-3-1-2-7(18)5-22-6-9(19)20/h4,7H,1-3,5-6H2,(H,17,21)(H,19,20)/t7-/m0/s1. The molecule has 0 aromatic carbocycles. The summed E-state index contributed by atoms with van der Waals surface area (Å²) in [5, 5.41) is 13.7. The van der Waals surface area contributed by atoms with E-state index in [0.29, 0.717) is 19.4 Å². The Labute approximate surface area is 122 Å². The van der Waals surface area contributed by atoms with Crippen molar-refractivity contribution >= 4 is 11.7 Å². The van der Waals surface area contributed by atoms with Crippen LogP contribution >= 0.6 is 0 Å². The summed E-state index contributed by atoms with van der Waals surface area (Å²) in [4.78, 5) is 23.3. The first-order chi connectivity index (χ1) is 10.3. The molecule has 0 spiro atoms. The molecule has 0 radical (unpaired) electrons. The van der Waals surface area contributed by atoms with Gasteiger partial charge in [-0.3, -0.25) is 4.79 Å². The van der Waals surface area contributed by atoms with E-state index >= 15 is 0 Å². The van der Waals surface area contributed by atoms with Gasteiger partial charge in [-0.15, -0.1) is 0 Å². The van der Waals surface area contributed by atoms with Gasteiger partial charge in [0.15, 0.2) is 0 Å². The van der Waals surface area contributed by atoms with Crippen LogP contribution in [0, 0.1) is 0 Å². The van der Waals surface area contributed by atoms with Crippen LogP contribution < -0.4 is 10.5 Å². The molecule has 1 fully saturated rings. The van der Waals surface area contributed by atoms with Crippen LogP contribution in [0.5, 0.6) is 0 Å². The summed E-state index contributed by atoms with van der Waals surface area (Å²) < 4.78 is 44.2. The number of aromatic amines is 1. The molecular weight excluding hydrogens is 307 g/mol. The Morgan fingerprint density at radius 1 is 1.55 bits per heavy atom. The number of alkyl halides is 3. The molecule has 10 heteroatoms. The van der Waals surface area contributed by atoms with Crippen LogP contribution in [0.4, 0.5) is 18.9 Å². The zero-order chi connectivity index (χ0) is 16.3. The molecule has 2 heterocycles. The number of anilines is 1. The van der Waals surface area contributed by atoms with Gasteiger partial charge in [-0.05, 0) is 12.8 Å². The maximum absolute atomic E-state index is 13.1. The van der Waals surface area contributed by atoms with Gasteiger partial charge in [0, 0.05) is 6.54 Å². The Balaban J connectivity index is 2.25. The molecule has 1 aliphatic heterocycles. The van der Waals surface area contributed by atoms with E-state index in [-0.39, 0.29) is 12.3 Å². The second-order valence-electron chi connectivity index (χ2n) is 4.86. The van der Waals surface area contributed by atoms with Gasteiger partial charge < -0.3 is 14.7 Å². The number of hydrogen-bond acceptors (Lipinski definition) is 5. The number of nitrogens with one attached hydrogen (secondary N) is 1. The monoisotopic (exact) mass is 321 g/mol. The van der Waals surface area contributed by atoms with E-state index in [1.165, 1.54) is 4.90 Å². The largest absolute Gasteiger partial charge is 0.480 e. The highest BCUT2D eigenvalue weighted by atomic mass is 19.4. The lowest BCUT2D eigenvalue weighted by Gasteiger charge is -2.28. The number of aromatic nitrogens is 2. The van der Waals surface area contributed by atoms with Crippen molar-refractivity contribution in [2.75, 3.05) is 24.7 Å². The smallest absolute Gasteiger partial charge is 0.423 e. The van der Waals surface area contributed by atoms with Crippen LogP contribution in [0.1, 0.15) is 18.4 Å². The minimum atomic E-state index is -4.80. The number of aliphatic carboxylic acids is 1. The Morgan fingerprint density at radius 3 is 2.91 bits per heavy atom. The number of carboxylic acid groups (broad SMARTS) is 1. The molecule has 122 valence electrons. The Morgan fingerprint density at radius 2 is 2.27 bits per heavy atom. The van der Waals surface area contributed by atoms with Crippen LogP contribution in [0.15, 0.2) is 11.0 Å². The van der Waals surface area contributed by atoms with E-state index in [2.05, 4.69) is 5.10 Å². The normalized spacial score (nSPS) is 18.7. The van der Waals surface area contributed by atoms with E-state index < -0.39 is 35.9 Å². The molecule has 0 amide bonds. The summed E-state index contributed by atoms with van der Waals surface area (Å²) in [5.74, 6) is -1.15. The fourth-order valence-electron chi connectivity index (χ4n) is 2.49. The first-order valence-corrected chi connectivity index (χ1v) is 6.51. The molecule has 0 bridgehead atoms. The fourth-order valence-corrected chi connectivity index (χ4v) is 2.49. The van der Waals surface area contributed by atoms with Crippen molar-refractivity contribution in [1.29, 1.82) is 0 Å². The van der Waals surface area contributed by atoms with Gasteiger partial charge in [-0.25, -0.2) is 9.89 Å². The maximum atomic E-state index is 13.1. The SMILES string of the molecule is O=C(O)COC[C@@H]1CCCN1c1cn[nH]c(=O)c1C(F)(F)F. The molecule has 7 nitrogen and oxygen atoms in total. The van der Waals surface area contributed by atoms with Crippen molar-refractivity contribution in [3.8, 4) is 0 Å². The third kappa shape index (κ3) is 3.56. The maximum Gasteiger partial charge on any atom is 0.423 e. The predicted octanol–water partition coefficient (Wildman–Crippen LogP) is 0.859. The van der Waals surface area contributed by atoms with Crippen LogP contribution in [-0.4, -0.2) is 47.1 Å². The second kappa shape index (κ2) is 6.34. The molecule has 1 atom stereocenters. The molecule has 0 aliphatic carbocycles. The average molecular weight is 321 g/mol. The molecule has 2 N–H and O–H groups in total. The van der Waals surface area contributed by atoms with Crippen molar-refractivity contribution in [3.05, 3.63) is 22.1 Å². The zero-order valence-electron chi connectivity index (χ0n) is 11.4. The van der Waals surface area contributed by atoms with E-state index in [1.807, 2.05) is 0 Å². The number of nitrogens with zero attached hydrogens (tertiary/aromatic N) is 2. The number of halogens is 3. The topological polar surface area (TPSA) is 95.5 Å². The molecule has 0 saturated carbocycles. The van der Waals surface area contributed by atoms with Crippen molar-refractivity contribution in [2.24, 2.45) is 0 Å². The van der Waals surface area contributed by atoms with E-state index in [1.54, 1.807) is 5.10 Å². The summed E-state index contributed by atoms with van der Waals surface area (Å²) in [6, 6.07) is -0.427. The lowest BCUT2D eigenvalue weighted by Crippen LogP contribution is -2.37. The number of hydrogen-bond donors (Lipinski definition) is 2. The number of rotatable bonds is 5. The first-order valence-electron chi connectivity index (χ1n) is 6.51. The Bertz CT molecular complexity index is 602. The van der Waals surface area contributed by atoms with Gasteiger partial charge in [0.1, 0.15) is 12.2 Å². The van der Waals surface area contributed by atoms with E-state index in [4.69, 9.17) is 9.84 Å². The quantitative estimate of drug-likeness (QED) is 0.835. The third-order valence-electron chi connectivity index (χ3n) is 3.34. The van der Waals surface area contributed by atoms with Crippen LogP contribution in [0.25, 0.3) is 0 Å². The predicted molar refractivity (Wildman–Crippen MR) is 68.7 cm³/mol. The zero-order valence-corrected chi connectivity index (χ0v) is 11.4. The summed E-state index contributed by atoms with van der Waals surface area (Å²) in [6.07, 6.45) is -2.68. The van der Waals surface area contributed by atoms with Gasteiger partial charge in [0.2, 0.25) is 0 Å². The van der Waals surface area contributed by atoms with Crippen LogP contribution in [0.2, 0.25) is 0 Å². The van der Waals surface area contributed by atoms with Gasteiger partial charge in [-0.1, -0.05) is 0 Å². The van der Waals surface area contributed by atoms with Crippen molar-refractivity contribution in [1.82, 2.24) is 10.2 Å². The van der Waals surface area contributed by atoms with E-state index in [0.717, 1.165) is 6.20 Å². The first kappa shape index (κ1) is 16.3. The fraction of sp³-hybridized carbons (Fsp3) is 0.583. The van der Waals surface area contributed by atoms with Crippen molar-refractivity contribution in [3.63, 3.8) is 0 Å². The molecular formula is C12H14F3N3O4. The molecule has 1 aromatic rings. The minimum absolute atomic E-state index is 0.0314. The summed E-state index contributed by atoms with van der Waals surface area (Å²) in [7, 11) is 0. The molecule has 1 saturated heterocycles. The summed E-state index contributed by atoms with van der Waals surface area (Å²) in [6.45, 7) is -0.240. The van der Waals surface area contributed by atoms with Crippen LogP contribution in [-0.2, 0) is 15.7 Å². The lowest BCUT2D eigenvalue weighted by atomic mass is 10.2. The minimum Gasteiger partial charge on any atom is -0.480 e. The lowest BCUT2D eigenvalue weighted by molar-refractivity contribution is -0.142. The highest BCUT2D eigenvalue weighted by Gasteiger charge is 2.40. The third-order valence-corrected chi connectivity index (χ3v) is 3.34. The van der Waals surface area contributed by atoms with Crippen LogP contribution in [0.3, 0.4) is 0 Å². The molecule has 1 aliphatic rings. The molecule has 2 rings (SSSR count). The van der Waals surface area contributed by atoms with Gasteiger partial charge in [0.25, 0.3) is 5.56 Å². The Kier molecular flexibility index (Phi) is 4.69. The number of H-pyrrole nitrogens is 1. The van der Waals surface area contributed by atoms with Gasteiger partial charge >= 0.3 is 12.1 Å². The number of carbonyl (C=O) groups is 1. The number of ether oxygens (including phenoxy) is 1. The molecule has 1 aromatic heterocycles. The highest BCUT2D eigenvalue weighted by Crippen LogP contribution is 2.36. The second-order valence-corrected chi connectivity index (χ2v) is 4.86. The van der Waals surface area contributed by atoms with Crippen molar-refractivity contribution < 1.29 is 27.8 Å². The van der Waals surface area contributed by atoms with Crippen molar-refractivity contribution in [2.45, 2.75) is 25.1 Å². The Hall–Kier alpha value is -2.10. The number of carboxylic acids is 1. The average Bonchev–Trinajstić information content (AvgIpc) is 2.84. The van der Waals surface area contributed by atoms with Gasteiger partial charge in [0.05, 0.1) is 24.5 Å². The summed E-state index contributed by atoms with van der Waals surface area (Å²) >= 11 is 0. The molecule has 0 unspecified atom stereocenters.